The standard InChI is InChI=1S/C27H39FN4O4/c1-27(2,3)36-26(35)32-14-8-18(9-15-32)17-31-12-10-19(11-13-31)21-5-4-20(16-22(21)28)29-23-6-7-24(33)30-25(23)34/h4-5,16,18-19,23,29H,6-15,17H2,1-3H3,(H,30,33,34). The number of nitrogens with one attached hydrogen (secondary N) is 2. The van der Waals surface area contributed by atoms with Gasteiger partial charge in [-0.05, 0) is 95.5 Å². The molecule has 0 bridgehead atoms. The van der Waals surface area contributed by atoms with E-state index >= 15 is 0 Å². The molecule has 198 valence electrons. The van der Waals surface area contributed by atoms with E-state index in [0.29, 0.717) is 18.0 Å². The number of amides is 3. The molecule has 0 saturated carbocycles. The van der Waals surface area contributed by atoms with Gasteiger partial charge in [0.2, 0.25) is 11.8 Å². The van der Waals surface area contributed by atoms with E-state index in [1.165, 1.54) is 6.07 Å². The normalized spacial score (nSPS) is 22.9. The number of ether oxygens (including phenoxy) is 1. The van der Waals surface area contributed by atoms with Crippen LogP contribution in [0.3, 0.4) is 0 Å². The SMILES string of the molecule is CC(C)(C)OC(=O)N1CCC(CN2CCC(c3ccc(NC4CCC(=O)NC4=O)cc3F)CC2)CC1. The van der Waals surface area contributed by atoms with Gasteiger partial charge in [-0.2, -0.15) is 0 Å². The van der Waals surface area contributed by atoms with Crippen LogP contribution in [0.15, 0.2) is 18.2 Å². The summed E-state index contributed by atoms with van der Waals surface area (Å²) in [5.41, 5.74) is 0.817. The van der Waals surface area contributed by atoms with Gasteiger partial charge in [-0.3, -0.25) is 14.9 Å². The van der Waals surface area contributed by atoms with Crippen molar-refractivity contribution in [2.24, 2.45) is 5.92 Å². The lowest BCUT2D eigenvalue weighted by atomic mass is 9.88. The Morgan fingerprint density at radius 3 is 2.39 bits per heavy atom. The lowest BCUT2D eigenvalue weighted by molar-refractivity contribution is -0.133. The Morgan fingerprint density at radius 1 is 1.08 bits per heavy atom. The van der Waals surface area contributed by atoms with Gasteiger partial charge < -0.3 is 19.9 Å². The summed E-state index contributed by atoms with van der Waals surface area (Å²) < 4.78 is 20.5. The zero-order chi connectivity index (χ0) is 25.9. The predicted octanol–water partition coefficient (Wildman–Crippen LogP) is 3.87. The molecular weight excluding hydrogens is 463 g/mol. The number of hydrogen-bond acceptors (Lipinski definition) is 6. The monoisotopic (exact) mass is 502 g/mol. The highest BCUT2D eigenvalue weighted by Crippen LogP contribution is 2.32. The smallest absolute Gasteiger partial charge is 0.410 e. The maximum absolute atomic E-state index is 15.0. The summed E-state index contributed by atoms with van der Waals surface area (Å²) >= 11 is 0. The highest BCUT2D eigenvalue weighted by molar-refractivity contribution is 6.01. The number of benzene rings is 1. The van der Waals surface area contributed by atoms with Gasteiger partial charge in [0.25, 0.3) is 0 Å². The zero-order valence-electron chi connectivity index (χ0n) is 21.6. The number of carbonyl (C=O) groups is 3. The average Bonchev–Trinajstić information content (AvgIpc) is 2.81. The van der Waals surface area contributed by atoms with Crippen LogP contribution in [0.2, 0.25) is 0 Å². The van der Waals surface area contributed by atoms with Gasteiger partial charge >= 0.3 is 6.09 Å². The average molecular weight is 503 g/mol. The molecule has 1 aromatic rings. The molecule has 1 atom stereocenters. The van der Waals surface area contributed by atoms with E-state index in [0.717, 1.165) is 64.0 Å². The number of likely N-dealkylation sites (tertiary alicyclic amines) is 2. The number of anilines is 1. The van der Waals surface area contributed by atoms with Crippen LogP contribution < -0.4 is 10.6 Å². The second kappa shape index (κ2) is 11.2. The van der Waals surface area contributed by atoms with Crippen LogP contribution in [-0.4, -0.2) is 72.1 Å². The third-order valence-electron chi connectivity index (χ3n) is 7.39. The molecule has 0 radical (unpaired) electrons. The quantitative estimate of drug-likeness (QED) is 0.594. The Bertz CT molecular complexity index is 963. The Balaban J connectivity index is 1.21. The van der Waals surface area contributed by atoms with Gasteiger partial charge in [0, 0.05) is 31.7 Å². The summed E-state index contributed by atoms with van der Waals surface area (Å²) in [5.74, 6) is -0.134. The summed E-state index contributed by atoms with van der Waals surface area (Å²) in [6.45, 7) is 10.0. The first-order valence-electron chi connectivity index (χ1n) is 13.2. The summed E-state index contributed by atoms with van der Waals surface area (Å²) in [6, 6.07) is 4.60. The molecule has 8 nitrogen and oxygen atoms in total. The maximum Gasteiger partial charge on any atom is 0.410 e. The number of nitrogens with zero attached hydrogens (tertiary/aromatic N) is 2. The molecule has 3 saturated heterocycles. The number of imide groups is 1. The molecule has 0 aliphatic carbocycles. The maximum atomic E-state index is 15.0. The molecular formula is C27H39FN4O4. The number of piperidine rings is 3. The van der Waals surface area contributed by atoms with Crippen molar-refractivity contribution in [2.75, 3.05) is 38.0 Å². The van der Waals surface area contributed by atoms with Crippen LogP contribution in [0.25, 0.3) is 0 Å². The second-order valence-electron chi connectivity index (χ2n) is 11.4. The van der Waals surface area contributed by atoms with Crippen LogP contribution in [-0.2, 0) is 14.3 Å². The lowest BCUT2D eigenvalue weighted by Crippen LogP contribution is -2.47. The Labute approximate surface area is 212 Å². The van der Waals surface area contributed by atoms with Gasteiger partial charge in [0.15, 0.2) is 0 Å². The lowest BCUT2D eigenvalue weighted by Gasteiger charge is -2.38. The summed E-state index contributed by atoms with van der Waals surface area (Å²) in [6.07, 6.45) is 4.26. The van der Waals surface area contributed by atoms with Crippen molar-refractivity contribution in [3.63, 3.8) is 0 Å². The molecule has 1 aromatic carbocycles. The van der Waals surface area contributed by atoms with Crippen molar-refractivity contribution in [3.05, 3.63) is 29.6 Å². The van der Waals surface area contributed by atoms with Crippen molar-refractivity contribution in [2.45, 2.75) is 76.9 Å². The van der Waals surface area contributed by atoms with Gasteiger partial charge in [0.1, 0.15) is 17.5 Å². The zero-order valence-corrected chi connectivity index (χ0v) is 21.6. The Kier molecular flexibility index (Phi) is 8.17. The molecule has 2 N–H and O–H groups in total. The van der Waals surface area contributed by atoms with Crippen molar-refractivity contribution in [3.8, 4) is 0 Å². The number of hydrogen-bond donors (Lipinski definition) is 2. The Hall–Kier alpha value is -2.68. The predicted molar refractivity (Wildman–Crippen MR) is 135 cm³/mol. The third-order valence-corrected chi connectivity index (χ3v) is 7.39. The molecule has 3 aliphatic heterocycles. The number of carbonyl (C=O) groups excluding carboxylic acids is 3. The van der Waals surface area contributed by atoms with E-state index in [-0.39, 0.29) is 36.1 Å². The van der Waals surface area contributed by atoms with E-state index in [2.05, 4.69) is 15.5 Å². The van der Waals surface area contributed by atoms with Gasteiger partial charge in [-0.1, -0.05) is 6.07 Å². The molecule has 3 fully saturated rings. The van der Waals surface area contributed by atoms with E-state index in [4.69, 9.17) is 4.74 Å². The molecule has 0 aromatic heterocycles. The van der Waals surface area contributed by atoms with Crippen LogP contribution in [0.4, 0.5) is 14.9 Å². The second-order valence-corrected chi connectivity index (χ2v) is 11.4. The number of halogens is 1. The van der Waals surface area contributed by atoms with Crippen LogP contribution in [0.1, 0.15) is 70.8 Å². The molecule has 36 heavy (non-hydrogen) atoms. The van der Waals surface area contributed by atoms with Crippen molar-refractivity contribution >= 4 is 23.6 Å². The topological polar surface area (TPSA) is 91.0 Å². The minimum atomic E-state index is -0.521. The minimum Gasteiger partial charge on any atom is -0.444 e. The van der Waals surface area contributed by atoms with Gasteiger partial charge in [-0.15, -0.1) is 0 Å². The van der Waals surface area contributed by atoms with E-state index in [1.54, 1.807) is 0 Å². The van der Waals surface area contributed by atoms with E-state index in [9.17, 15) is 18.8 Å². The first-order valence-corrected chi connectivity index (χ1v) is 13.2. The number of rotatable bonds is 5. The fourth-order valence-corrected chi connectivity index (χ4v) is 5.40. The van der Waals surface area contributed by atoms with Crippen LogP contribution in [0.5, 0.6) is 0 Å². The van der Waals surface area contributed by atoms with E-state index in [1.807, 2.05) is 37.8 Å². The fourth-order valence-electron chi connectivity index (χ4n) is 5.40. The summed E-state index contributed by atoms with van der Waals surface area (Å²) in [7, 11) is 0. The first-order chi connectivity index (χ1) is 17.1. The van der Waals surface area contributed by atoms with Crippen molar-refractivity contribution < 1.29 is 23.5 Å². The molecule has 3 heterocycles. The van der Waals surface area contributed by atoms with Gasteiger partial charge in [0.05, 0.1) is 0 Å². The molecule has 1 unspecified atom stereocenters. The van der Waals surface area contributed by atoms with Crippen molar-refractivity contribution in [1.29, 1.82) is 0 Å². The third kappa shape index (κ3) is 6.96. The molecule has 0 spiro atoms. The Morgan fingerprint density at radius 2 is 1.78 bits per heavy atom. The molecule has 3 amide bonds. The molecule has 4 rings (SSSR count). The highest BCUT2D eigenvalue weighted by Gasteiger charge is 2.30. The van der Waals surface area contributed by atoms with Crippen LogP contribution >= 0.6 is 0 Å². The van der Waals surface area contributed by atoms with E-state index < -0.39 is 11.6 Å². The summed E-state index contributed by atoms with van der Waals surface area (Å²) in [4.78, 5) is 39.9. The fraction of sp³-hybridized carbons (Fsp3) is 0.667. The minimum absolute atomic E-state index is 0.180. The van der Waals surface area contributed by atoms with Crippen molar-refractivity contribution in [1.82, 2.24) is 15.1 Å². The first kappa shape index (κ1) is 26.4. The molecule has 9 heteroatoms. The largest absolute Gasteiger partial charge is 0.444 e. The molecule has 3 aliphatic rings. The summed E-state index contributed by atoms with van der Waals surface area (Å²) in [5, 5.41) is 5.36. The van der Waals surface area contributed by atoms with Crippen LogP contribution in [0, 0.1) is 11.7 Å². The highest BCUT2D eigenvalue weighted by atomic mass is 19.1. The van der Waals surface area contributed by atoms with Gasteiger partial charge in [-0.25, -0.2) is 9.18 Å².